The molecule has 1 saturated carbocycles. The zero-order valence-electron chi connectivity index (χ0n) is 15.7. The standard InChI is InChI=1S/C23H22N2O2S/c26-21(17-10-9-15-5-1-2-6-16(15)13-17)14-28-23-24-20-8-4-3-7-19(20)22(27)25(23)18-11-12-18/h3-4,7-10,13,18H,1-2,5-6,11-12,14H2. The number of para-hydroxylation sites is 1. The Morgan fingerprint density at radius 1 is 1.07 bits per heavy atom. The molecule has 1 fully saturated rings. The molecule has 4 nitrogen and oxygen atoms in total. The third-order valence-corrected chi connectivity index (χ3v) is 6.64. The van der Waals surface area contributed by atoms with Gasteiger partial charge in [-0.05, 0) is 67.9 Å². The number of nitrogens with zero attached hydrogens (tertiary/aromatic N) is 2. The van der Waals surface area contributed by atoms with E-state index < -0.39 is 0 Å². The predicted molar refractivity (Wildman–Crippen MR) is 112 cm³/mol. The van der Waals surface area contributed by atoms with Crippen LogP contribution in [0.1, 0.15) is 53.2 Å². The van der Waals surface area contributed by atoms with Crippen LogP contribution in [0.2, 0.25) is 0 Å². The van der Waals surface area contributed by atoms with Crippen molar-refractivity contribution in [3.8, 4) is 0 Å². The van der Waals surface area contributed by atoms with Gasteiger partial charge in [0.2, 0.25) is 0 Å². The summed E-state index contributed by atoms with van der Waals surface area (Å²) < 4.78 is 1.80. The van der Waals surface area contributed by atoms with E-state index in [9.17, 15) is 9.59 Å². The van der Waals surface area contributed by atoms with Gasteiger partial charge in [-0.15, -0.1) is 0 Å². The van der Waals surface area contributed by atoms with Crippen LogP contribution in [0, 0.1) is 0 Å². The number of rotatable bonds is 5. The molecule has 0 aliphatic heterocycles. The Bertz CT molecular complexity index is 1130. The Hall–Kier alpha value is -2.40. The average molecular weight is 391 g/mol. The van der Waals surface area contributed by atoms with Crippen LogP contribution < -0.4 is 5.56 Å². The molecule has 0 saturated heterocycles. The maximum absolute atomic E-state index is 12.9. The first-order chi connectivity index (χ1) is 13.7. The molecule has 142 valence electrons. The monoisotopic (exact) mass is 390 g/mol. The van der Waals surface area contributed by atoms with Gasteiger partial charge < -0.3 is 0 Å². The minimum absolute atomic E-state index is 0.0110. The molecule has 2 aromatic carbocycles. The minimum atomic E-state index is 0.0110. The van der Waals surface area contributed by atoms with Crippen molar-refractivity contribution in [3.05, 3.63) is 69.5 Å². The van der Waals surface area contributed by atoms with Gasteiger partial charge >= 0.3 is 0 Å². The Morgan fingerprint density at radius 3 is 2.68 bits per heavy atom. The summed E-state index contributed by atoms with van der Waals surface area (Å²) in [6.07, 6.45) is 6.64. The summed E-state index contributed by atoms with van der Waals surface area (Å²) in [6, 6.07) is 13.8. The van der Waals surface area contributed by atoms with E-state index in [0.29, 0.717) is 21.8 Å². The van der Waals surface area contributed by atoms with Crippen LogP contribution in [0.25, 0.3) is 10.9 Å². The first kappa shape index (κ1) is 17.7. The number of carbonyl (C=O) groups excluding carboxylic acids is 1. The van der Waals surface area contributed by atoms with Gasteiger partial charge in [-0.25, -0.2) is 4.98 Å². The molecule has 0 radical (unpaired) electrons. The molecule has 5 rings (SSSR count). The molecule has 28 heavy (non-hydrogen) atoms. The number of ketones is 1. The molecule has 0 bridgehead atoms. The number of aryl methyl sites for hydroxylation is 2. The normalized spacial score (nSPS) is 16.1. The second kappa shape index (κ2) is 7.21. The zero-order valence-corrected chi connectivity index (χ0v) is 16.5. The van der Waals surface area contributed by atoms with Crippen LogP contribution in [-0.2, 0) is 12.8 Å². The number of fused-ring (bicyclic) bond motifs is 2. The second-order valence-electron chi connectivity index (χ2n) is 7.72. The summed E-state index contributed by atoms with van der Waals surface area (Å²) in [5.41, 5.74) is 4.19. The lowest BCUT2D eigenvalue weighted by Crippen LogP contribution is -2.22. The van der Waals surface area contributed by atoms with Gasteiger partial charge in [0.25, 0.3) is 5.56 Å². The molecule has 0 unspecified atom stereocenters. The molecule has 0 spiro atoms. The number of hydrogen-bond acceptors (Lipinski definition) is 4. The Morgan fingerprint density at radius 2 is 1.86 bits per heavy atom. The highest BCUT2D eigenvalue weighted by Gasteiger charge is 2.28. The second-order valence-corrected chi connectivity index (χ2v) is 8.66. The summed E-state index contributed by atoms with van der Waals surface area (Å²) in [5, 5.41) is 1.32. The fourth-order valence-corrected chi connectivity index (χ4v) is 4.96. The van der Waals surface area contributed by atoms with Crippen molar-refractivity contribution < 1.29 is 4.79 Å². The smallest absolute Gasteiger partial charge is 0.262 e. The van der Waals surface area contributed by atoms with Crippen LogP contribution in [0.5, 0.6) is 0 Å². The average Bonchev–Trinajstić information content (AvgIpc) is 3.56. The quantitative estimate of drug-likeness (QED) is 0.363. The van der Waals surface area contributed by atoms with Gasteiger partial charge in [0.1, 0.15) is 0 Å². The highest BCUT2D eigenvalue weighted by molar-refractivity contribution is 7.99. The van der Waals surface area contributed by atoms with E-state index in [0.717, 1.165) is 31.2 Å². The van der Waals surface area contributed by atoms with E-state index in [2.05, 4.69) is 12.1 Å². The molecule has 2 aliphatic carbocycles. The van der Waals surface area contributed by atoms with Crippen LogP contribution in [0.4, 0.5) is 0 Å². The maximum Gasteiger partial charge on any atom is 0.262 e. The van der Waals surface area contributed by atoms with E-state index in [4.69, 9.17) is 4.98 Å². The Kier molecular flexibility index (Phi) is 4.55. The number of benzene rings is 2. The van der Waals surface area contributed by atoms with Gasteiger partial charge in [-0.1, -0.05) is 36.0 Å². The minimum Gasteiger partial charge on any atom is -0.293 e. The van der Waals surface area contributed by atoms with Gasteiger partial charge in [0.05, 0.1) is 16.7 Å². The van der Waals surface area contributed by atoms with Crippen molar-refractivity contribution in [1.29, 1.82) is 0 Å². The number of hydrogen-bond donors (Lipinski definition) is 0. The topological polar surface area (TPSA) is 52.0 Å². The lowest BCUT2D eigenvalue weighted by molar-refractivity contribution is 0.102. The number of aromatic nitrogens is 2. The highest BCUT2D eigenvalue weighted by Crippen LogP contribution is 2.37. The lowest BCUT2D eigenvalue weighted by Gasteiger charge is -2.16. The molecular formula is C23H22N2O2S. The summed E-state index contributed by atoms with van der Waals surface area (Å²) in [7, 11) is 0. The fraction of sp³-hybridized carbons (Fsp3) is 0.348. The third kappa shape index (κ3) is 3.28. The molecule has 5 heteroatoms. The molecule has 0 amide bonds. The predicted octanol–water partition coefficient (Wildman–Crippen LogP) is 4.59. The Balaban J connectivity index is 1.42. The third-order valence-electron chi connectivity index (χ3n) is 5.69. The van der Waals surface area contributed by atoms with Crippen molar-refractivity contribution in [1.82, 2.24) is 9.55 Å². The van der Waals surface area contributed by atoms with E-state index in [1.807, 2.05) is 30.3 Å². The van der Waals surface area contributed by atoms with Crippen LogP contribution in [-0.4, -0.2) is 21.1 Å². The molecule has 1 aromatic heterocycles. The summed E-state index contributed by atoms with van der Waals surface area (Å²) in [6.45, 7) is 0. The summed E-state index contributed by atoms with van der Waals surface area (Å²) in [4.78, 5) is 30.5. The van der Waals surface area contributed by atoms with E-state index in [-0.39, 0.29) is 17.4 Å². The first-order valence-electron chi connectivity index (χ1n) is 10.00. The van der Waals surface area contributed by atoms with Crippen molar-refractivity contribution in [2.24, 2.45) is 0 Å². The van der Waals surface area contributed by atoms with Crippen molar-refractivity contribution >= 4 is 28.4 Å². The van der Waals surface area contributed by atoms with Crippen molar-refractivity contribution in [3.63, 3.8) is 0 Å². The van der Waals surface area contributed by atoms with Crippen molar-refractivity contribution in [2.75, 3.05) is 5.75 Å². The molecule has 0 N–H and O–H groups in total. The van der Waals surface area contributed by atoms with Crippen LogP contribution >= 0.6 is 11.8 Å². The number of thioether (sulfide) groups is 1. The van der Waals surface area contributed by atoms with E-state index in [1.165, 1.54) is 35.7 Å². The molecule has 2 aliphatic rings. The number of Topliss-reactive ketones (excluding diaryl/α,β-unsaturated/α-hetero) is 1. The van der Waals surface area contributed by atoms with Gasteiger partial charge in [0.15, 0.2) is 10.9 Å². The maximum atomic E-state index is 12.9. The SMILES string of the molecule is O=C(CSc1nc2ccccc2c(=O)n1C1CC1)c1ccc2c(c1)CCCC2. The van der Waals surface area contributed by atoms with Gasteiger partial charge in [0, 0.05) is 11.6 Å². The van der Waals surface area contributed by atoms with E-state index >= 15 is 0 Å². The molecule has 3 aromatic rings. The molecular weight excluding hydrogens is 368 g/mol. The molecule has 1 heterocycles. The zero-order chi connectivity index (χ0) is 19.1. The first-order valence-corrected chi connectivity index (χ1v) is 11.0. The lowest BCUT2D eigenvalue weighted by atomic mass is 9.90. The fourth-order valence-electron chi connectivity index (χ4n) is 4.00. The summed E-state index contributed by atoms with van der Waals surface area (Å²) in [5.74, 6) is 0.402. The van der Waals surface area contributed by atoms with Crippen LogP contribution in [0.15, 0.2) is 52.4 Å². The van der Waals surface area contributed by atoms with E-state index in [1.54, 1.807) is 4.57 Å². The Labute approximate surface area is 168 Å². The molecule has 0 atom stereocenters. The largest absolute Gasteiger partial charge is 0.293 e. The highest BCUT2D eigenvalue weighted by atomic mass is 32.2. The number of carbonyl (C=O) groups is 1. The summed E-state index contributed by atoms with van der Waals surface area (Å²) >= 11 is 1.39. The van der Waals surface area contributed by atoms with Gasteiger partial charge in [-0.3, -0.25) is 14.2 Å². The van der Waals surface area contributed by atoms with Crippen molar-refractivity contribution in [2.45, 2.75) is 49.7 Å². The van der Waals surface area contributed by atoms with Crippen LogP contribution in [0.3, 0.4) is 0 Å². The van der Waals surface area contributed by atoms with Gasteiger partial charge in [-0.2, -0.15) is 0 Å².